The third-order valence-electron chi connectivity index (χ3n) is 2.65. The number of aliphatic hydroxyl groups is 1. The molecule has 5 heteroatoms. The van der Waals surface area contributed by atoms with Crippen molar-refractivity contribution in [2.24, 2.45) is 5.92 Å². The molecule has 17 heavy (non-hydrogen) atoms. The summed E-state index contributed by atoms with van der Waals surface area (Å²) in [5.74, 6) is 0.926. The average molecular weight is 239 g/mol. The van der Waals surface area contributed by atoms with E-state index in [4.69, 9.17) is 9.84 Å². The van der Waals surface area contributed by atoms with Crippen LogP contribution in [0, 0.1) is 16.0 Å². The Bertz CT molecular complexity index is 392. The highest BCUT2D eigenvalue weighted by atomic mass is 16.6. The topological polar surface area (TPSA) is 72.6 Å². The summed E-state index contributed by atoms with van der Waals surface area (Å²) >= 11 is 0. The Morgan fingerprint density at radius 3 is 2.76 bits per heavy atom. The van der Waals surface area contributed by atoms with Crippen molar-refractivity contribution in [3.63, 3.8) is 0 Å². The molecular weight excluding hydrogens is 222 g/mol. The maximum Gasteiger partial charge on any atom is 0.270 e. The summed E-state index contributed by atoms with van der Waals surface area (Å²) in [7, 11) is 0. The molecule has 0 saturated heterocycles. The van der Waals surface area contributed by atoms with Gasteiger partial charge in [0.1, 0.15) is 5.75 Å². The number of hydrogen-bond acceptors (Lipinski definition) is 4. The highest BCUT2D eigenvalue weighted by molar-refractivity contribution is 5.43. The van der Waals surface area contributed by atoms with Crippen LogP contribution in [0.3, 0.4) is 0 Å². The maximum absolute atomic E-state index is 10.6. The quantitative estimate of drug-likeness (QED) is 0.611. The van der Waals surface area contributed by atoms with Gasteiger partial charge in [0.15, 0.2) is 0 Å². The Hall–Kier alpha value is -1.62. The van der Waals surface area contributed by atoms with E-state index in [0.717, 1.165) is 6.42 Å². The van der Waals surface area contributed by atoms with Crippen LogP contribution in [-0.4, -0.2) is 16.6 Å². The van der Waals surface area contributed by atoms with Gasteiger partial charge in [-0.2, -0.15) is 0 Å². The van der Waals surface area contributed by atoms with Crippen LogP contribution in [0.5, 0.6) is 5.75 Å². The molecular formula is C12H17NO4. The predicted molar refractivity (Wildman–Crippen MR) is 64.0 cm³/mol. The van der Waals surface area contributed by atoms with Gasteiger partial charge in [0.25, 0.3) is 5.69 Å². The standard InChI is InChI=1S/C12H17NO4/c1-3-9(2)8-17-12-5-4-11(13(15)16)6-10(12)7-14/h4-6,9,14H,3,7-8H2,1-2H3. The van der Waals surface area contributed by atoms with Gasteiger partial charge in [-0.1, -0.05) is 20.3 Å². The number of non-ortho nitro benzene ring substituents is 1. The van der Waals surface area contributed by atoms with Gasteiger partial charge in [0, 0.05) is 17.7 Å². The molecule has 1 aromatic rings. The van der Waals surface area contributed by atoms with Crippen LogP contribution in [0.1, 0.15) is 25.8 Å². The number of hydrogen-bond donors (Lipinski definition) is 1. The molecule has 0 bridgehead atoms. The van der Waals surface area contributed by atoms with Gasteiger partial charge in [-0.15, -0.1) is 0 Å². The first-order valence-corrected chi connectivity index (χ1v) is 5.59. The molecule has 1 rings (SSSR count). The summed E-state index contributed by atoms with van der Waals surface area (Å²) < 4.78 is 5.53. The SMILES string of the molecule is CCC(C)COc1ccc([N+](=O)[O-])cc1CO. The van der Waals surface area contributed by atoms with E-state index in [-0.39, 0.29) is 12.3 Å². The fourth-order valence-corrected chi connectivity index (χ4v) is 1.29. The first kappa shape index (κ1) is 13.4. The van der Waals surface area contributed by atoms with Crippen molar-refractivity contribution in [1.82, 2.24) is 0 Å². The van der Waals surface area contributed by atoms with Gasteiger partial charge in [-0.3, -0.25) is 10.1 Å². The first-order chi connectivity index (χ1) is 8.08. The van der Waals surface area contributed by atoms with Gasteiger partial charge in [-0.25, -0.2) is 0 Å². The molecule has 5 nitrogen and oxygen atoms in total. The summed E-state index contributed by atoms with van der Waals surface area (Å²) in [5.41, 5.74) is 0.410. The van der Waals surface area contributed by atoms with Crippen molar-refractivity contribution >= 4 is 5.69 Å². The van der Waals surface area contributed by atoms with E-state index in [1.807, 2.05) is 0 Å². The Morgan fingerprint density at radius 1 is 1.53 bits per heavy atom. The monoisotopic (exact) mass is 239 g/mol. The predicted octanol–water partition coefficient (Wildman–Crippen LogP) is 2.51. The molecule has 0 aliphatic carbocycles. The molecule has 1 aromatic carbocycles. The Morgan fingerprint density at radius 2 is 2.24 bits per heavy atom. The summed E-state index contributed by atoms with van der Waals surface area (Å²) in [4.78, 5) is 10.1. The molecule has 0 fully saturated rings. The van der Waals surface area contributed by atoms with E-state index >= 15 is 0 Å². The van der Waals surface area contributed by atoms with Crippen LogP contribution in [0.4, 0.5) is 5.69 Å². The highest BCUT2D eigenvalue weighted by Gasteiger charge is 2.11. The number of nitro benzene ring substituents is 1. The minimum Gasteiger partial charge on any atom is -0.493 e. The van der Waals surface area contributed by atoms with Gasteiger partial charge in [-0.05, 0) is 12.0 Å². The second-order valence-electron chi connectivity index (χ2n) is 4.03. The highest BCUT2D eigenvalue weighted by Crippen LogP contribution is 2.24. The zero-order chi connectivity index (χ0) is 12.8. The normalized spacial score (nSPS) is 12.2. The molecule has 1 atom stereocenters. The first-order valence-electron chi connectivity index (χ1n) is 5.59. The van der Waals surface area contributed by atoms with Gasteiger partial charge < -0.3 is 9.84 Å². The molecule has 0 aliphatic rings. The van der Waals surface area contributed by atoms with Crippen molar-refractivity contribution in [2.45, 2.75) is 26.9 Å². The van der Waals surface area contributed by atoms with E-state index in [1.54, 1.807) is 0 Å². The molecule has 0 amide bonds. The third-order valence-corrected chi connectivity index (χ3v) is 2.65. The molecule has 0 aliphatic heterocycles. The van der Waals surface area contributed by atoms with Crippen LogP contribution in [0.25, 0.3) is 0 Å². The van der Waals surface area contributed by atoms with Crippen LogP contribution in [0.2, 0.25) is 0 Å². The van der Waals surface area contributed by atoms with Crippen molar-refractivity contribution in [1.29, 1.82) is 0 Å². The van der Waals surface area contributed by atoms with E-state index in [2.05, 4.69) is 13.8 Å². The number of benzene rings is 1. The van der Waals surface area contributed by atoms with Crippen LogP contribution >= 0.6 is 0 Å². The van der Waals surface area contributed by atoms with Gasteiger partial charge >= 0.3 is 0 Å². The number of aliphatic hydroxyl groups excluding tert-OH is 1. The second kappa shape index (κ2) is 6.20. The van der Waals surface area contributed by atoms with Gasteiger partial charge in [0.05, 0.1) is 18.1 Å². The van der Waals surface area contributed by atoms with Gasteiger partial charge in [0.2, 0.25) is 0 Å². The van der Waals surface area contributed by atoms with Crippen LogP contribution in [0.15, 0.2) is 18.2 Å². The fraction of sp³-hybridized carbons (Fsp3) is 0.500. The number of nitro groups is 1. The minimum atomic E-state index is -0.488. The van der Waals surface area contributed by atoms with Crippen molar-refractivity contribution in [3.8, 4) is 5.75 Å². The molecule has 0 spiro atoms. The van der Waals surface area contributed by atoms with Crippen LogP contribution in [-0.2, 0) is 6.61 Å². The average Bonchev–Trinajstić information content (AvgIpc) is 2.35. The Balaban J connectivity index is 2.82. The molecule has 1 N–H and O–H groups in total. The lowest BCUT2D eigenvalue weighted by Gasteiger charge is -2.13. The van der Waals surface area contributed by atoms with Crippen molar-refractivity contribution < 1.29 is 14.8 Å². The van der Waals surface area contributed by atoms with E-state index in [1.165, 1.54) is 18.2 Å². The summed E-state index contributed by atoms with van der Waals surface area (Å²) in [5, 5.41) is 19.7. The zero-order valence-corrected chi connectivity index (χ0v) is 10.0. The summed E-state index contributed by atoms with van der Waals surface area (Å²) in [6.45, 7) is 4.40. The van der Waals surface area contributed by atoms with E-state index in [0.29, 0.717) is 23.8 Å². The fourth-order valence-electron chi connectivity index (χ4n) is 1.29. The van der Waals surface area contributed by atoms with Crippen molar-refractivity contribution in [3.05, 3.63) is 33.9 Å². The second-order valence-corrected chi connectivity index (χ2v) is 4.03. The molecule has 0 heterocycles. The summed E-state index contributed by atoms with van der Waals surface area (Å²) in [6, 6.07) is 4.25. The number of nitrogens with zero attached hydrogens (tertiary/aromatic N) is 1. The smallest absolute Gasteiger partial charge is 0.270 e. The maximum atomic E-state index is 10.6. The molecule has 94 valence electrons. The molecule has 0 radical (unpaired) electrons. The zero-order valence-electron chi connectivity index (χ0n) is 10.0. The number of rotatable bonds is 6. The third kappa shape index (κ3) is 3.71. The summed E-state index contributed by atoms with van der Waals surface area (Å²) in [6.07, 6.45) is 1.00. The van der Waals surface area contributed by atoms with E-state index in [9.17, 15) is 10.1 Å². The molecule has 1 unspecified atom stereocenters. The Labute approximate surface area is 100 Å². The minimum absolute atomic E-state index is 0.0371. The van der Waals surface area contributed by atoms with E-state index < -0.39 is 4.92 Å². The molecule has 0 aromatic heterocycles. The Kier molecular flexibility index (Phi) is 4.90. The largest absolute Gasteiger partial charge is 0.493 e. The number of ether oxygens (including phenoxy) is 1. The lowest BCUT2D eigenvalue weighted by Crippen LogP contribution is -2.08. The lowest BCUT2D eigenvalue weighted by molar-refractivity contribution is -0.385. The van der Waals surface area contributed by atoms with Crippen LogP contribution < -0.4 is 4.74 Å². The lowest BCUT2D eigenvalue weighted by atomic mass is 10.1. The molecule has 0 saturated carbocycles. The van der Waals surface area contributed by atoms with Crippen molar-refractivity contribution in [2.75, 3.05) is 6.61 Å².